The predicted molar refractivity (Wildman–Crippen MR) is 246 cm³/mol. The van der Waals surface area contributed by atoms with E-state index in [-0.39, 0.29) is 30.8 Å². The number of hydrogen-bond donors (Lipinski definition) is 3. The van der Waals surface area contributed by atoms with Gasteiger partial charge in [-0.15, -0.1) is 11.3 Å². The van der Waals surface area contributed by atoms with Crippen LogP contribution in [0.25, 0.3) is 21.6 Å². The second-order valence-electron chi connectivity index (χ2n) is 19.8. The number of thiazole rings is 1. The highest BCUT2D eigenvalue weighted by atomic mass is 32.2. The maximum atomic E-state index is 14.4. The van der Waals surface area contributed by atoms with Crippen LogP contribution in [-0.2, 0) is 29.1 Å². The summed E-state index contributed by atoms with van der Waals surface area (Å²) in [5.74, 6) is -1.43. The van der Waals surface area contributed by atoms with Gasteiger partial charge in [0.25, 0.3) is 6.01 Å². The molecule has 2 aromatic heterocycles. The molecule has 2 saturated carbocycles. The first-order valence-corrected chi connectivity index (χ1v) is 25.2. The molecule has 4 aliphatic rings. The zero-order chi connectivity index (χ0) is 46.1. The summed E-state index contributed by atoms with van der Waals surface area (Å²) >= 11 is 1.62. The molecule has 18 heteroatoms. The number of rotatable bonds is 18. The van der Waals surface area contributed by atoms with E-state index in [1.165, 1.54) is 4.90 Å². The number of fused-ring (bicyclic) bond motifs is 1. The van der Waals surface area contributed by atoms with Gasteiger partial charge in [0.15, 0.2) is 0 Å². The topological polar surface area (TPSA) is 208 Å². The Kier molecular flexibility index (Phi) is 14.2. The van der Waals surface area contributed by atoms with E-state index in [9.17, 15) is 27.6 Å². The fourth-order valence-electron chi connectivity index (χ4n) is 8.77. The van der Waals surface area contributed by atoms with Crippen LogP contribution < -0.4 is 20.5 Å². The Balaban J connectivity index is 0.986. The summed E-state index contributed by atoms with van der Waals surface area (Å²) in [4.78, 5) is 66.8. The lowest BCUT2D eigenvalue weighted by molar-refractivity contribution is -0.139. The summed E-state index contributed by atoms with van der Waals surface area (Å²) < 4.78 is 40.5. The van der Waals surface area contributed by atoms with E-state index in [2.05, 4.69) is 41.2 Å². The Morgan fingerprint density at radius 2 is 1.80 bits per heavy atom. The Morgan fingerprint density at radius 3 is 2.47 bits per heavy atom. The Labute approximate surface area is 381 Å². The van der Waals surface area contributed by atoms with Crippen molar-refractivity contribution in [3.63, 3.8) is 0 Å². The fraction of sp³-hybridized carbons (Fsp3) is 0.652. The van der Waals surface area contributed by atoms with Crippen LogP contribution in [0.3, 0.4) is 0 Å². The maximum absolute atomic E-state index is 14.4. The van der Waals surface area contributed by atoms with Crippen LogP contribution in [0.1, 0.15) is 130 Å². The van der Waals surface area contributed by atoms with Crippen molar-refractivity contribution >= 4 is 56.2 Å². The van der Waals surface area contributed by atoms with Crippen molar-refractivity contribution in [1.82, 2.24) is 34.4 Å². The summed E-state index contributed by atoms with van der Waals surface area (Å²) in [7, 11) is -1.50. The van der Waals surface area contributed by atoms with Crippen molar-refractivity contribution in [2.75, 3.05) is 26.7 Å². The molecular weight excluding hydrogens is 857 g/mol. The first kappa shape index (κ1) is 47.4. The number of aromatic nitrogens is 3. The second kappa shape index (κ2) is 19.1. The Hall–Kier alpha value is -4.55. The molecule has 5 atom stereocenters. The Morgan fingerprint density at radius 1 is 1.06 bits per heavy atom. The molecule has 2 saturated heterocycles. The number of carbonyl (C=O) groups is 4. The number of imidazole rings is 1. The average Bonchev–Trinajstić information content (AvgIpc) is 3.98. The quantitative estimate of drug-likeness (QED) is 0.0937. The van der Waals surface area contributed by atoms with Gasteiger partial charge in [0, 0.05) is 35.2 Å². The molecule has 4 heterocycles. The second-order valence-corrected chi connectivity index (χ2v) is 22.8. The van der Waals surface area contributed by atoms with Crippen molar-refractivity contribution in [2.24, 2.45) is 17.6 Å². The SMILES string of the molecule is CC(C)n1c(OC2CC(C(N)=O)N(C(=O)C(CCCCCC=CC3CC3C(=O)NS(=O)(=O)C3(C)CC3)NC(=O)OC(C)(C)C)C2)nc2c(-c3nc(C4CCN(C)CC4)cs3)cccc21. The van der Waals surface area contributed by atoms with Gasteiger partial charge < -0.3 is 30.3 Å². The van der Waals surface area contributed by atoms with E-state index in [1.54, 1.807) is 39.0 Å². The molecule has 64 heavy (non-hydrogen) atoms. The van der Waals surface area contributed by atoms with Crippen molar-refractivity contribution in [3.8, 4) is 16.6 Å². The number of nitrogens with zero attached hydrogens (tertiary/aromatic N) is 5. The van der Waals surface area contributed by atoms with Crippen molar-refractivity contribution in [1.29, 1.82) is 0 Å². The molecule has 1 aromatic carbocycles. The van der Waals surface area contributed by atoms with Gasteiger partial charge in [-0.2, -0.15) is 4.98 Å². The normalized spacial score (nSPS) is 23.1. The maximum Gasteiger partial charge on any atom is 0.408 e. The Bertz CT molecular complexity index is 2340. The number of likely N-dealkylation sites (tertiary alicyclic amines) is 2. The number of alkyl carbamates (subject to hydrolysis) is 1. The molecule has 2 aliphatic heterocycles. The molecule has 16 nitrogen and oxygen atoms in total. The predicted octanol–water partition coefficient (Wildman–Crippen LogP) is 6.42. The third-order valence-corrected chi connectivity index (χ3v) is 16.1. The van der Waals surface area contributed by atoms with E-state index >= 15 is 0 Å². The lowest BCUT2D eigenvalue weighted by Gasteiger charge is -2.28. The van der Waals surface area contributed by atoms with Gasteiger partial charge in [-0.25, -0.2) is 18.2 Å². The molecule has 0 spiro atoms. The number of amides is 4. The summed E-state index contributed by atoms with van der Waals surface area (Å²) in [5.41, 5.74) is 8.84. The van der Waals surface area contributed by atoms with Gasteiger partial charge in [-0.3, -0.25) is 23.7 Å². The van der Waals surface area contributed by atoms with E-state index in [0.29, 0.717) is 44.0 Å². The monoisotopic (exact) mass is 922 g/mol. The molecule has 2 aliphatic carbocycles. The number of nitrogens with one attached hydrogen (secondary N) is 2. The first-order valence-electron chi connectivity index (χ1n) is 22.9. The molecule has 4 amide bonds. The molecule has 0 radical (unpaired) electrons. The number of para-hydroxylation sites is 1. The summed E-state index contributed by atoms with van der Waals surface area (Å²) in [6.45, 7) is 13.2. The van der Waals surface area contributed by atoms with E-state index in [0.717, 1.165) is 72.5 Å². The van der Waals surface area contributed by atoms with E-state index in [4.69, 9.17) is 25.2 Å². The molecule has 7 rings (SSSR count). The number of unbranched alkanes of at least 4 members (excludes halogenated alkanes) is 3. The smallest absolute Gasteiger partial charge is 0.408 e. The highest BCUT2D eigenvalue weighted by molar-refractivity contribution is 7.91. The number of hydrogen-bond acceptors (Lipinski definition) is 12. The summed E-state index contributed by atoms with van der Waals surface area (Å²) in [6.07, 6.45) is 9.90. The number of nitrogens with two attached hydrogens (primary N) is 1. The van der Waals surface area contributed by atoms with Crippen LogP contribution in [0.5, 0.6) is 6.01 Å². The third kappa shape index (κ3) is 11.1. The fourth-order valence-corrected chi connectivity index (χ4v) is 11.0. The van der Waals surface area contributed by atoms with Crippen molar-refractivity contribution < 1.29 is 37.1 Å². The standard InChI is InChI=1S/C46H66N8O8S2/c1-28(2)54-36-17-13-15-32(41-48-35(27-63-41)29-18-22-52(7)23-19-29)38(36)50-43(54)61-31-25-37(39(47)55)53(26-31)42(57)34(49-44(58)62-45(3,4)5)16-12-10-8-9-11-14-30-24-33(30)40(56)51-64(59,60)46(6)20-21-46/h11,13-15,17,27-31,33-34,37H,8-10,12,16,18-26H2,1-7H3,(H2,47,55)(H,49,58)(H,51,56). The van der Waals surface area contributed by atoms with Gasteiger partial charge in [0.1, 0.15) is 34.3 Å². The molecule has 4 fully saturated rings. The van der Waals surface area contributed by atoms with Crippen LogP contribution in [0.2, 0.25) is 0 Å². The van der Waals surface area contributed by atoms with Crippen molar-refractivity contribution in [2.45, 2.75) is 153 Å². The minimum Gasteiger partial charge on any atom is -0.459 e. The number of ether oxygens (including phenoxy) is 2. The minimum absolute atomic E-state index is 0.0153. The molecule has 350 valence electrons. The first-order chi connectivity index (χ1) is 30.2. The van der Waals surface area contributed by atoms with Crippen LogP contribution in [0.4, 0.5) is 4.79 Å². The highest BCUT2D eigenvalue weighted by Crippen LogP contribution is 2.44. The number of primary amides is 1. The van der Waals surface area contributed by atoms with Crippen LogP contribution >= 0.6 is 11.3 Å². The minimum atomic E-state index is -3.65. The number of sulfonamides is 1. The number of allylic oxidation sites excluding steroid dienone is 2. The average molecular weight is 923 g/mol. The van der Waals surface area contributed by atoms with Gasteiger partial charge in [-0.05, 0) is 131 Å². The molecule has 4 N–H and O–H groups in total. The largest absolute Gasteiger partial charge is 0.459 e. The number of piperidine rings is 1. The lowest BCUT2D eigenvalue weighted by atomic mass is 9.94. The zero-order valence-electron chi connectivity index (χ0n) is 38.3. The molecular formula is C46H66N8O8S2. The van der Waals surface area contributed by atoms with Crippen molar-refractivity contribution in [3.05, 3.63) is 41.4 Å². The lowest BCUT2D eigenvalue weighted by Crippen LogP contribution is -2.53. The third-order valence-electron chi connectivity index (χ3n) is 13.0. The zero-order valence-corrected chi connectivity index (χ0v) is 39.9. The van der Waals surface area contributed by atoms with Gasteiger partial charge in [0.2, 0.25) is 27.7 Å². The van der Waals surface area contributed by atoms with E-state index in [1.807, 2.05) is 34.9 Å². The van der Waals surface area contributed by atoms with Crippen LogP contribution in [0, 0.1) is 11.8 Å². The summed E-state index contributed by atoms with van der Waals surface area (Å²) in [6, 6.07) is 4.47. The summed E-state index contributed by atoms with van der Waals surface area (Å²) in [5, 5.41) is 5.84. The van der Waals surface area contributed by atoms with Crippen LogP contribution in [0.15, 0.2) is 35.7 Å². The number of benzene rings is 1. The van der Waals surface area contributed by atoms with Gasteiger partial charge in [-0.1, -0.05) is 31.1 Å². The van der Waals surface area contributed by atoms with Crippen LogP contribution in [-0.4, -0.2) is 112 Å². The molecule has 5 unspecified atom stereocenters. The number of carbonyl (C=O) groups excluding carboxylic acids is 4. The van der Waals surface area contributed by atoms with Gasteiger partial charge >= 0.3 is 6.09 Å². The highest BCUT2D eigenvalue weighted by Gasteiger charge is 2.52. The van der Waals surface area contributed by atoms with Gasteiger partial charge in [0.05, 0.1) is 22.5 Å². The van der Waals surface area contributed by atoms with E-state index < -0.39 is 62.4 Å². The molecule has 0 bridgehead atoms. The molecule has 3 aromatic rings.